The molecule has 5 fully saturated rings. The second kappa shape index (κ2) is 7.25. The Labute approximate surface area is 201 Å². The van der Waals surface area contributed by atoms with Crippen LogP contribution in [0.4, 0.5) is 0 Å². The minimum absolute atomic E-state index is 0.163. The van der Waals surface area contributed by atoms with Gasteiger partial charge in [0.1, 0.15) is 6.10 Å². The van der Waals surface area contributed by atoms with Crippen LogP contribution in [0.15, 0.2) is 11.1 Å². The summed E-state index contributed by atoms with van der Waals surface area (Å²) >= 11 is 0. The molecule has 3 saturated heterocycles. The van der Waals surface area contributed by atoms with E-state index in [9.17, 15) is 20.4 Å². The van der Waals surface area contributed by atoms with E-state index in [1.165, 1.54) is 18.3 Å². The van der Waals surface area contributed by atoms with E-state index in [2.05, 4.69) is 27.7 Å². The third-order valence-corrected chi connectivity index (χ3v) is 10.8. The monoisotopic (exact) mass is 480 g/mol. The number of aliphatic hydroxyl groups is 4. The zero-order valence-corrected chi connectivity index (χ0v) is 20.9. The fourth-order valence-corrected chi connectivity index (χ4v) is 8.87. The lowest BCUT2D eigenvalue weighted by Crippen LogP contribution is -2.78. The first-order chi connectivity index (χ1) is 15.9. The second-order valence-corrected chi connectivity index (χ2v) is 12.5. The minimum Gasteiger partial charge on any atom is -0.392 e. The second-order valence-electron chi connectivity index (χ2n) is 12.5. The predicted molar refractivity (Wildman–Crippen MR) is 120 cm³/mol. The van der Waals surface area contributed by atoms with Crippen molar-refractivity contribution < 1.29 is 39.4 Å². The van der Waals surface area contributed by atoms with Crippen molar-refractivity contribution >= 4 is 0 Å². The highest BCUT2D eigenvalue weighted by Gasteiger charge is 2.80. The van der Waals surface area contributed by atoms with Crippen LogP contribution in [0, 0.1) is 34.5 Å². The Bertz CT molecular complexity index is 905. The number of rotatable bonds is 2. The normalized spacial score (nSPS) is 58.4. The molecule has 34 heavy (non-hydrogen) atoms. The molecular formula is C26H40O8. The van der Waals surface area contributed by atoms with Gasteiger partial charge in [-0.3, -0.25) is 0 Å². The fourth-order valence-electron chi connectivity index (χ4n) is 8.87. The van der Waals surface area contributed by atoms with Crippen molar-refractivity contribution in [3.63, 3.8) is 0 Å². The van der Waals surface area contributed by atoms with Gasteiger partial charge < -0.3 is 39.4 Å². The van der Waals surface area contributed by atoms with Gasteiger partial charge in [-0.15, -0.1) is 0 Å². The summed E-state index contributed by atoms with van der Waals surface area (Å²) in [5.74, 6) is -2.49. The average Bonchev–Trinajstić information content (AvgIpc) is 3.20. The van der Waals surface area contributed by atoms with Crippen LogP contribution in [-0.4, -0.2) is 76.4 Å². The molecule has 0 bridgehead atoms. The number of hydrogen-bond donors (Lipinski definition) is 4. The molecule has 0 aromatic carbocycles. The van der Waals surface area contributed by atoms with Crippen LogP contribution in [0.25, 0.3) is 0 Å². The highest BCUT2D eigenvalue weighted by atomic mass is 16.8. The molecule has 3 heterocycles. The Kier molecular flexibility index (Phi) is 5.08. The van der Waals surface area contributed by atoms with Gasteiger partial charge in [-0.05, 0) is 43.9 Å². The summed E-state index contributed by atoms with van der Waals surface area (Å²) in [6, 6.07) is 0. The first-order valence-corrected chi connectivity index (χ1v) is 13.0. The Morgan fingerprint density at radius 2 is 1.79 bits per heavy atom. The lowest BCUT2D eigenvalue weighted by Gasteiger charge is -2.58. The van der Waals surface area contributed by atoms with Gasteiger partial charge in [0, 0.05) is 29.8 Å². The molecular weight excluding hydrogens is 440 g/mol. The largest absolute Gasteiger partial charge is 0.392 e. The van der Waals surface area contributed by atoms with Crippen LogP contribution in [0.1, 0.15) is 59.8 Å². The quantitative estimate of drug-likeness (QED) is 0.441. The minimum atomic E-state index is -2.24. The van der Waals surface area contributed by atoms with Crippen molar-refractivity contribution in [3.05, 3.63) is 11.1 Å². The van der Waals surface area contributed by atoms with Crippen LogP contribution >= 0.6 is 0 Å². The molecule has 3 aliphatic carbocycles. The van der Waals surface area contributed by atoms with Crippen LogP contribution in [0.2, 0.25) is 0 Å². The van der Waals surface area contributed by atoms with Gasteiger partial charge >= 0.3 is 0 Å². The van der Waals surface area contributed by atoms with Crippen molar-refractivity contribution in [2.75, 3.05) is 13.7 Å². The molecule has 2 saturated carbocycles. The number of methoxy groups -OCH3 is 1. The van der Waals surface area contributed by atoms with Crippen molar-refractivity contribution in [2.45, 2.75) is 102 Å². The summed E-state index contributed by atoms with van der Waals surface area (Å²) in [7, 11) is 1.54. The Morgan fingerprint density at radius 3 is 2.47 bits per heavy atom. The molecule has 12 unspecified atom stereocenters. The zero-order valence-electron chi connectivity index (χ0n) is 20.9. The standard InChI is InChI=1S/C26H40O8/c1-12(2)14-10-16(27)24(4)9-8-23(3)15(18(14)24)7-6-13-19-20(23)33-22-25(19,29)26(30,17(28)11-32-22)34-21(13)31-5/h12-13,15-17,19-22,27-30H,6-11H2,1-5H3. The lowest BCUT2D eigenvalue weighted by molar-refractivity contribution is -0.462. The molecule has 0 amide bonds. The molecule has 3 aliphatic heterocycles. The van der Waals surface area contributed by atoms with Gasteiger partial charge in [-0.1, -0.05) is 38.8 Å². The molecule has 0 aromatic heterocycles. The van der Waals surface area contributed by atoms with Gasteiger partial charge in [0.2, 0.25) is 5.79 Å². The molecule has 6 aliphatic rings. The summed E-state index contributed by atoms with van der Waals surface area (Å²) in [4.78, 5) is 0. The number of aliphatic hydroxyl groups excluding tert-OH is 2. The average molecular weight is 481 g/mol. The Hall–Kier alpha value is -0.580. The van der Waals surface area contributed by atoms with Gasteiger partial charge in [-0.25, -0.2) is 0 Å². The molecule has 0 aromatic rings. The smallest absolute Gasteiger partial charge is 0.231 e. The summed E-state index contributed by atoms with van der Waals surface area (Å²) < 4.78 is 24.0. The van der Waals surface area contributed by atoms with Gasteiger partial charge in [0.15, 0.2) is 18.2 Å². The number of hydrogen-bond acceptors (Lipinski definition) is 8. The lowest BCUT2D eigenvalue weighted by atomic mass is 9.52. The summed E-state index contributed by atoms with van der Waals surface area (Å²) in [6.45, 7) is 8.67. The number of fused-ring (bicyclic) bond motifs is 4. The maximum Gasteiger partial charge on any atom is 0.231 e. The summed E-state index contributed by atoms with van der Waals surface area (Å²) in [5, 5.41) is 45.5. The van der Waals surface area contributed by atoms with E-state index in [0.717, 1.165) is 19.3 Å². The van der Waals surface area contributed by atoms with Crippen LogP contribution in [0.3, 0.4) is 0 Å². The van der Waals surface area contributed by atoms with Crippen molar-refractivity contribution in [1.29, 1.82) is 0 Å². The number of ether oxygens (including phenoxy) is 4. The van der Waals surface area contributed by atoms with E-state index in [1.54, 1.807) is 0 Å². The van der Waals surface area contributed by atoms with E-state index in [4.69, 9.17) is 18.9 Å². The molecule has 0 spiro atoms. The SMILES string of the molecule is COC1OC2(O)C(O)COC3OC4C(C1CCC1C5=C(C(C)C)CC(O)C5(C)CCC14C)C32O. The molecule has 8 nitrogen and oxygen atoms in total. The third-order valence-electron chi connectivity index (χ3n) is 10.8. The Balaban J connectivity index is 1.52. The Morgan fingerprint density at radius 1 is 1.06 bits per heavy atom. The summed E-state index contributed by atoms with van der Waals surface area (Å²) in [5.41, 5.74) is 0.229. The zero-order chi connectivity index (χ0) is 24.4. The van der Waals surface area contributed by atoms with E-state index >= 15 is 0 Å². The third kappa shape index (κ3) is 2.57. The van der Waals surface area contributed by atoms with E-state index in [1.807, 2.05) is 0 Å². The van der Waals surface area contributed by atoms with Crippen LogP contribution < -0.4 is 0 Å². The van der Waals surface area contributed by atoms with Crippen molar-refractivity contribution in [2.24, 2.45) is 34.5 Å². The van der Waals surface area contributed by atoms with E-state index < -0.39 is 42.1 Å². The van der Waals surface area contributed by atoms with Gasteiger partial charge in [-0.2, -0.15) is 0 Å². The maximum absolute atomic E-state index is 12.1. The molecule has 4 N–H and O–H groups in total. The topological polar surface area (TPSA) is 118 Å². The summed E-state index contributed by atoms with van der Waals surface area (Å²) in [6.07, 6.45) is -0.143. The highest BCUT2D eigenvalue weighted by molar-refractivity contribution is 5.38. The maximum atomic E-state index is 12.1. The van der Waals surface area contributed by atoms with Crippen LogP contribution in [-0.2, 0) is 18.9 Å². The molecule has 6 rings (SSSR count). The molecule has 8 heteroatoms. The van der Waals surface area contributed by atoms with Crippen molar-refractivity contribution in [1.82, 2.24) is 0 Å². The van der Waals surface area contributed by atoms with Crippen LogP contribution in [0.5, 0.6) is 0 Å². The molecule has 0 radical (unpaired) electrons. The van der Waals surface area contributed by atoms with Gasteiger partial charge in [0.25, 0.3) is 0 Å². The van der Waals surface area contributed by atoms with Crippen molar-refractivity contribution in [3.8, 4) is 0 Å². The van der Waals surface area contributed by atoms with E-state index in [0.29, 0.717) is 18.8 Å². The first-order valence-electron chi connectivity index (χ1n) is 13.0. The predicted octanol–water partition coefficient (Wildman–Crippen LogP) is 1.69. The van der Waals surface area contributed by atoms with E-state index in [-0.39, 0.29) is 35.4 Å². The highest BCUT2D eigenvalue weighted by Crippen LogP contribution is 2.69. The van der Waals surface area contributed by atoms with Gasteiger partial charge in [0.05, 0.1) is 18.8 Å². The fraction of sp³-hybridized carbons (Fsp3) is 0.923. The molecule has 12 atom stereocenters. The molecule has 192 valence electrons. The first kappa shape index (κ1) is 23.8.